The number of carbonyl (C=O) groups is 1. The number of hydrogen-bond acceptors (Lipinski definition) is 6. The molecular weight excluding hydrogens is 364 g/mol. The number of aliphatic carboxylic acids is 1. The molecule has 0 radical (unpaired) electrons. The first kappa shape index (κ1) is 17.3. The maximum atomic E-state index is 10.9. The van der Waals surface area contributed by atoms with E-state index in [0.717, 1.165) is 22.2 Å². The van der Waals surface area contributed by atoms with Gasteiger partial charge in [-0.15, -0.1) is 10.2 Å². The molecule has 4 aromatic rings. The lowest BCUT2D eigenvalue weighted by atomic mass is 10.1. The molecule has 2 aromatic heterocycles. The minimum absolute atomic E-state index is 0.0677. The lowest BCUT2D eigenvalue weighted by Gasteiger charge is -2.05. The van der Waals surface area contributed by atoms with Crippen molar-refractivity contribution in [2.45, 2.75) is 18.6 Å². The van der Waals surface area contributed by atoms with Crippen LogP contribution in [0.15, 0.2) is 58.1 Å². The predicted molar refractivity (Wildman–Crippen MR) is 102 cm³/mol. The van der Waals surface area contributed by atoms with Gasteiger partial charge in [0.15, 0.2) is 5.16 Å². The van der Waals surface area contributed by atoms with Crippen LogP contribution in [0, 0.1) is 6.92 Å². The Labute approximate surface area is 159 Å². The molecule has 27 heavy (non-hydrogen) atoms. The first-order valence-corrected chi connectivity index (χ1v) is 9.28. The van der Waals surface area contributed by atoms with E-state index in [1.165, 1.54) is 11.8 Å². The van der Waals surface area contributed by atoms with Gasteiger partial charge in [-0.25, -0.2) is 4.98 Å². The predicted octanol–water partition coefficient (Wildman–Crippen LogP) is 3.62. The average molecular weight is 380 g/mol. The van der Waals surface area contributed by atoms with Gasteiger partial charge in [0.1, 0.15) is 6.54 Å². The zero-order valence-corrected chi connectivity index (χ0v) is 15.3. The minimum atomic E-state index is -0.891. The zero-order valence-electron chi connectivity index (χ0n) is 14.5. The highest BCUT2D eigenvalue weighted by Crippen LogP contribution is 2.26. The molecular formula is C19H16N4O3S. The molecule has 0 aliphatic rings. The second-order valence-electron chi connectivity index (χ2n) is 6.02. The molecule has 0 saturated heterocycles. The second kappa shape index (κ2) is 7.24. The van der Waals surface area contributed by atoms with E-state index >= 15 is 0 Å². The number of aryl methyl sites for hydroxylation is 1. The number of hydrogen-bond donors (Lipinski definition) is 1. The molecule has 2 heterocycles. The third-order valence-corrected chi connectivity index (χ3v) is 4.96. The van der Waals surface area contributed by atoms with Crippen LogP contribution in [0.5, 0.6) is 0 Å². The highest BCUT2D eigenvalue weighted by molar-refractivity contribution is 7.99. The van der Waals surface area contributed by atoms with E-state index in [4.69, 9.17) is 9.52 Å². The summed E-state index contributed by atoms with van der Waals surface area (Å²) in [5, 5.41) is 17.9. The monoisotopic (exact) mass is 380 g/mol. The van der Waals surface area contributed by atoms with Gasteiger partial charge in [0.2, 0.25) is 11.8 Å². The van der Waals surface area contributed by atoms with Gasteiger partial charge in [0, 0.05) is 5.56 Å². The van der Waals surface area contributed by atoms with Gasteiger partial charge >= 0.3 is 5.97 Å². The lowest BCUT2D eigenvalue weighted by molar-refractivity contribution is -0.133. The standard InChI is InChI=1S/C19H16N4O3S/c1-12-6-8-13(9-7-12)18-22-21-16(26-18)10-23-15-5-3-2-4-14(15)20-19(23)27-11-17(24)25/h2-9H,10-11H2,1H3,(H,24,25). The van der Waals surface area contributed by atoms with E-state index in [-0.39, 0.29) is 5.75 Å². The summed E-state index contributed by atoms with van der Waals surface area (Å²) < 4.78 is 7.71. The Kier molecular flexibility index (Phi) is 4.64. The summed E-state index contributed by atoms with van der Waals surface area (Å²) in [7, 11) is 0. The number of para-hydroxylation sites is 2. The van der Waals surface area contributed by atoms with Gasteiger partial charge in [-0.1, -0.05) is 41.6 Å². The van der Waals surface area contributed by atoms with Gasteiger partial charge in [0.05, 0.1) is 16.8 Å². The minimum Gasteiger partial charge on any atom is -0.481 e. The Bertz CT molecular complexity index is 1100. The van der Waals surface area contributed by atoms with E-state index in [9.17, 15) is 4.79 Å². The Morgan fingerprint density at radius 1 is 1.15 bits per heavy atom. The highest BCUT2D eigenvalue weighted by Gasteiger charge is 2.16. The number of fused-ring (bicyclic) bond motifs is 1. The Hall–Kier alpha value is -3.13. The fraction of sp³-hybridized carbons (Fsp3) is 0.158. The third kappa shape index (κ3) is 3.70. The summed E-state index contributed by atoms with van der Waals surface area (Å²) >= 11 is 1.17. The lowest BCUT2D eigenvalue weighted by Crippen LogP contribution is -2.04. The van der Waals surface area contributed by atoms with Crippen LogP contribution in [0.4, 0.5) is 0 Å². The first-order chi connectivity index (χ1) is 13.1. The number of imidazole rings is 1. The van der Waals surface area contributed by atoms with Gasteiger partial charge in [-0.3, -0.25) is 4.79 Å². The molecule has 136 valence electrons. The molecule has 0 spiro atoms. The Morgan fingerprint density at radius 3 is 2.70 bits per heavy atom. The molecule has 0 fully saturated rings. The highest BCUT2D eigenvalue weighted by atomic mass is 32.2. The summed E-state index contributed by atoms with van der Waals surface area (Å²) in [6, 6.07) is 15.5. The summed E-state index contributed by atoms with van der Waals surface area (Å²) in [5.41, 5.74) is 3.70. The largest absolute Gasteiger partial charge is 0.481 e. The molecule has 1 N–H and O–H groups in total. The van der Waals surface area contributed by atoms with Crippen molar-refractivity contribution in [3.05, 3.63) is 60.0 Å². The molecule has 0 aliphatic carbocycles. The SMILES string of the molecule is Cc1ccc(-c2nnc(Cn3c(SCC(=O)O)nc4ccccc43)o2)cc1. The van der Waals surface area contributed by atoms with Crippen LogP contribution >= 0.6 is 11.8 Å². The fourth-order valence-electron chi connectivity index (χ4n) is 2.71. The van der Waals surface area contributed by atoms with Gasteiger partial charge < -0.3 is 14.1 Å². The maximum Gasteiger partial charge on any atom is 0.313 e. The second-order valence-corrected chi connectivity index (χ2v) is 6.96. The number of rotatable bonds is 6. The van der Waals surface area contributed by atoms with Crippen molar-refractivity contribution in [1.82, 2.24) is 19.7 Å². The number of carboxylic acid groups (broad SMARTS) is 1. The molecule has 2 aromatic carbocycles. The van der Waals surface area contributed by atoms with Gasteiger partial charge in [-0.05, 0) is 31.2 Å². The number of thioether (sulfide) groups is 1. The quantitative estimate of drug-likeness (QED) is 0.511. The van der Waals surface area contributed by atoms with Crippen LogP contribution in [0.25, 0.3) is 22.5 Å². The number of benzene rings is 2. The van der Waals surface area contributed by atoms with Crippen LogP contribution in [0.2, 0.25) is 0 Å². The van der Waals surface area contributed by atoms with Crippen molar-refractivity contribution in [2.75, 3.05) is 5.75 Å². The summed E-state index contributed by atoms with van der Waals surface area (Å²) in [5.74, 6) is -0.0694. The molecule has 0 atom stereocenters. The van der Waals surface area contributed by atoms with Crippen LogP contribution in [0.3, 0.4) is 0 Å². The van der Waals surface area contributed by atoms with Crippen molar-refractivity contribution < 1.29 is 14.3 Å². The van der Waals surface area contributed by atoms with Crippen molar-refractivity contribution in [1.29, 1.82) is 0 Å². The van der Waals surface area contributed by atoms with Gasteiger partial charge in [0.25, 0.3) is 0 Å². The van der Waals surface area contributed by atoms with Crippen LogP contribution in [-0.4, -0.2) is 36.6 Å². The van der Waals surface area contributed by atoms with Crippen molar-refractivity contribution in [2.24, 2.45) is 0 Å². The molecule has 0 aliphatic heterocycles. The van der Waals surface area contributed by atoms with Crippen molar-refractivity contribution >= 4 is 28.8 Å². The Balaban J connectivity index is 1.65. The number of aromatic nitrogens is 4. The summed E-state index contributed by atoms with van der Waals surface area (Å²) in [6.45, 7) is 2.34. The smallest absolute Gasteiger partial charge is 0.313 e. The van der Waals surface area contributed by atoms with E-state index in [0.29, 0.717) is 23.5 Å². The third-order valence-electron chi connectivity index (χ3n) is 4.00. The summed E-state index contributed by atoms with van der Waals surface area (Å²) in [4.78, 5) is 15.5. The van der Waals surface area contributed by atoms with E-state index in [1.807, 2.05) is 60.0 Å². The molecule has 8 heteroatoms. The van der Waals surface area contributed by atoms with Crippen LogP contribution in [-0.2, 0) is 11.3 Å². The number of nitrogens with zero attached hydrogens (tertiary/aromatic N) is 4. The molecule has 4 rings (SSSR count). The topological polar surface area (TPSA) is 94.0 Å². The van der Waals surface area contributed by atoms with Crippen molar-refractivity contribution in [3.63, 3.8) is 0 Å². The normalized spacial score (nSPS) is 11.1. The summed E-state index contributed by atoms with van der Waals surface area (Å²) in [6.07, 6.45) is 0. The first-order valence-electron chi connectivity index (χ1n) is 8.29. The average Bonchev–Trinajstić information content (AvgIpc) is 3.26. The van der Waals surface area contributed by atoms with Crippen molar-refractivity contribution in [3.8, 4) is 11.5 Å². The molecule has 0 amide bonds. The Morgan fingerprint density at radius 2 is 1.93 bits per heavy atom. The molecule has 0 bridgehead atoms. The van der Waals surface area contributed by atoms with E-state index < -0.39 is 5.97 Å². The maximum absolute atomic E-state index is 10.9. The fourth-order valence-corrected chi connectivity index (χ4v) is 3.44. The van der Waals surface area contributed by atoms with E-state index in [1.54, 1.807) is 0 Å². The van der Waals surface area contributed by atoms with Crippen LogP contribution < -0.4 is 0 Å². The zero-order chi connectivity index (χ0) is 18.8. The molecule has 0 saturated carbocycles. The van der Waals surface area contributed by atoms with Gasteiger partial charge in [-0.2, -0.15) is 0 Å². The number of carboxylic acids is 1. The molecule has 0 unspecified atom stereocenters. The van der Waals surface area contributed by atoms with Crippen LogP contribution in [0.1, 0.15) is 11.5 Å². The molecule has 7 nitrogen and oxygen atoms in total. The van der Waals surface area contributed by atoms with E-state index in [2.05, 4.69) is 15.2 Å².